The second-order valence-electron chi connectivity index (χ2n) is 7.69. The highest BCUT2D eigenvalue weighted by atomic mass is 15.2. The molecule has 2 aliphatic rings. The first-order chi connectivity index (χ1) is 12.5. The van der Waals surface area contributed by atoms with E-state index in [1.54, 1.807) is 0 Å². The Morgan fingerprint density at radius 2 is 1.85 bits per heavy atom. The van der Waals surface area contributed by atoms with Gasteiger partial charge in [-0.2, -0.15) is 15.0 Å². The van der Waals surface area contributed by atoms with Gasteiger partial charge in [-0.25, -0.2) is 0 Å². The highest BCUT2D eigenvalue weighted by Gasteiger charge is 2.36. The summed E-state index contributed by atoms with van der Waals surface area (Å²) in [6, 6.07) is 8.13. The summed E-state index contributed by atoms with van der Waals surface area (Å²) in [6.07, 6.45) is 1.29. The minimum atomic E-state index is 0.265. The van der Waals surface area contributed by atoms with Crippen molar-refractivity contribution < 1.29 is 0 Å². The van der Waals surface area contributed by atoms with Crippen LogP contribution in [0.2, 0.25) is 0 Å². The minimum Gasteiger partial charge on any atom is -0.368 e. The molecule has 2 aromatic rings. The Labute approximate surface area is 154 Å². The van der Waals surface area contributed by atoms with Gasteiger partial charge in [-0.15, -0.1) is 0 Å². The summed E-state index contributed by atoms with van der Waals surface area (Å²) < 4.78 is 0. The Morgan fingerprint density at radius 3 is 2.65 bits per heavy atom. The predicted octanol–water partition coefficient (Wildman–Crippen LogP) is 1.89. The van der Waals surface area contributed by atoms with E-state index in [0.29, 0.717) is 5.95 Å². The van der Waals surface area contributed by atoms with Crippen molar-refractivity contribution in [2.75, 3.05) is 44.3 Å². The summed E-state index contributed by atoms with van der Waals surface area (Å²) in [6.45, 7) is 7.44. The number of piperidine rings is 1. The van der Waals surface area contributed by atoms with Gasteiger partial charge in [0.1, 0.15) is 5.82 Å². The summed E-state index contributed by atoms with van der Waals surface area (Å²) in [7, 11) is 2.22. The topological polar surface area (TPSA) is 83.2 Å². The first-order valence-electron chi connectivity index (χ1n) is 9.30. The molecule has 2 fully saturated rings. The third-order valence-electron chi connectivity index (χ3n) is 5.45. The molecule has 0 unspecified atom stereocenters. The Kier molecular flexibility index (Phi) is 4.74. The van der Waals surface area contributed by atoms with Gasteiger partial charge in [-0.05, 0) is 50.9 Å². The lowest BCUT2D eigenvalue weighted by Crippen LogP contribution is -2.37. The standard InChI is InChI=1S/C19H27N7/c1-13-3-5-16(6-4-13)21-19-23-17(22-18(20)24-19)12-26-10-14-7-8-25(2)9-15(14)11-26/h3-6,14-15H,7-12H2,1-2H3,(H3,20,21,22,23,24)/t14-,15+/m1/s1. The van der Waals surface area contributed by atoms with Crippen LogP contribution in [0, 0.1) is 18.8 Å². The zero-order valence-corrected chi connectivity index (χ0v) is 15.5. The van der Waals surface area contributed by atoms with E-state index in [1.165, 1.54) is 25.1 Å². The molecule has 0 amide bonds. The fourth-order valence-corrected chi connectivity index (χ4v) is 4.11. The van der Waals surface area contributed by atoms with Crippen molar-refractivity contribution in [3.05, 3.63) is 35.7 Å². The van der Waals surface area contributed by atoms with E-state index in [1.807, 2.05) is 12.1 Å². The molecule has 0 bridgehead atoms. The molecule has 3 N–H and O–H groups in total. The molecule has 26 heavy (non-hydrogen) atoms. The number of likely N-dealkylation sites (tertiary alicyclic amines) is 2. The van der Waals surface area contributed by atoms with Crippen LogP contribution in [0.1, 0.15) is 17.8 Å². The highest BCUT2D eigenvalue weighted by molar-refractivity contribution is 5.54. The van der Waals surface area contributed by atoms with Gasteiger partial charge in [0.25, 0.3) is 0 Å². The van der Waals surface area contributed by atoms with Crippen LogP contribution in [0.4, 0.5) is 17.6 Å². The Morgan fingerprint density at radius 1 is 1.08 bits per heavy atom. The number of nitrogens with zero attached hydrogens (tertiary/aromatic N) is 5. The van der Waals surface area contributed by atoms with Crippen LogP contribution in [0.5, 0.6) is 0 Å². The Hall–Kier alpha value is -2.25. The number of aryl methyl sites for hydroxylation is 1. The molecule has 1 aromatic heterocycles. The molecule has 4 rings (SSSR count). The van der Waals surface area contributed by atoms with Gasteiger partial charge < -0.3 is 16.0 Å². The van der Waals surface area contributed by atoms with E-state index in [9.17, 15) is 0 Å². The van der Waals surface area contributed by atoms with Crippen LogP contribution in [-0.2, 0) is 6.54 Å². The number of nitrogen functional groups attached to an aromatic ring is 1. The van der Waals surface area contributed by atoms with Crippen molar-refractivity contribution in [2.24, 2.45) is 11.8 Å². The lowest BCUT2D eigenvalue weighted by molar-refractivity contribution is 0.178. The maximum Gasteiger partial charge on any atom is 0.232 e. The molecule has 1 aromatic carbocycles. The number of hydrogen-bond donors (Lipinski definition) is 2. The second kappa shape index (κ2) is 7.17. The van der Waals surface area contributed by atoms with E-state index >= 15 is 0 Å². The molecular formula is C19H27N7. The average molecular weight is 353 g/mol. The lowest BCUT2D eigenvalue weighted by Gasteiger charge is -2.31. The zero-order valence-electron chi connectivity index (χ0n) is 15.5. The van der Waals surface area contributed by atoms with Crippen LogP contribution >= 0.6 is 0 Å². The number of benzene rings is 1. The summed E-state index contributed by atoms with van der Waals surface area (Å²) in [4.78, 5) is 18.1. The van der Waals surface area contributed by atoms with E-state index in [4.69, 9.17) is 5.73 Å². The SMILES string of the molecule is Cc1ccc(Nc2nc(N)nc(CN3C[C@H]4CCN(C)C[C@H]4C3)n2)cc1. The molecule has 0 radical (unpaired) electrons. The fourth-order valence-electron chi connectivity index (χ4n) is 4.11. The van der Waals surface area contributed by atoms with Crippen molar-refractivity contribution in [1.29, 1.82) is 0 Å². The van der Waals surface area contributed by atoms with Crippen LogP contribution < -0.4 is 11.1 Å². The maximum absolute atomic E-state index is 5.92. The van der Waals surface area contributed by atoms with Gasteiger partial charge in [0.2, 0.25) is 11.9 Å². The molecule has 138 valence electrons. The number of anilines is 3. The first kappa shape index (κ1) is 17.2. The van der Waals surface area contributed by atoms with E-state index in [2.05, 4.69) is 56.2 Å². The smallest absolute Gasteiger partial charge is 0.232 e. The van der Waals surface area contributed by atoms with Crippen LogP contribution in [0.15, 0.2) is 24.3 Å². The van der Waals surface area contributed by atoms with Crippen molar-refractivity contribution in [3.8, 4) is 0 Å². The van der Waals surface area contributed by atoms with Gasteiger partial charge in [0, 0.05) is 25.3 Å². The molecule has 2 saturated heterocycles. The summed E-state index contributed by atoms with van der Waals surface area (Å²) in [5.74, 6) is 3.07. The number of rotatable bonds is 4. The highest BCUT2D eigenvalue weighted by Crippen LogP contribution is 2.31. The minimum absolute atomic E-state index is 0.265. The van der Waals surface area contributed by atoms with Gasteiger partial charge >= 0.3 is 0 Å². The monoisotopic (exact) mass is 353 g/mol. The Balaban J connectivity index is 1.44. The molecule has 0 spiro atoms. The van der Waals surface area contributed by atoms with Crippen molar-refractivity contribution in [1.82, 2.24) is 24.8 Å². The average Bonchev–Trinajstić information content (AvgIpc) is 2.97. The molecule has 0 saturated carbocycles. The molecule has 7 nitrogen and oxygen atoms in total. The van der Waals surface area contributed by atoms with E-state index < -0.39 is 0 Å². The van der Waals surface area contributed by atoms with Crippen LogP contribution in [0.3, 0.4) is 0 Å². The van der Waals surface area contributed by atoms with Gasteiger partial charge in [0.05, 0.1) is 6.54 Å². The summed E-state index contributed by atoms with van der Waals surface area (Å²) in [5, 5.41) is 3.23. The maximum atomic E-state index is 5.92. The largest absolute Gasteiger partial charge is 0.368 e. The van der Waals surface area contributed by atoms with Crippen LogP contribution in [-0.4, -0.2) is 58.0 Å². The Bertz CT molecular complexity index is 761. The van der Waals surface area contributed by atoms with Gasteiger partial charge in [0.15, 0.2) is 0 Å². The zero-order chi connectivity index (χ0) is 18.1. The molecule has 2 aliphatic heterocycles. The summed E-state index contributed by atoms with van der Waals surface area (Å²) >= 11 is 0. The third kappa shape index (κ3) is 3.94. The molecule has 7 heteroatoms. The van der Waals surface area contributed by atoms with Crippen molar-refractivity contribution in [3.63, 3.8) is 0 Å². The fraction of sp³-hybridized carbons (Fsp3) is 0.526. The molecular weight excluding hydrogens is 326 g/mol. The number of nitrogens with two attached hydrogens (primary N) is 1. The third-order valence-corrected chi connectivity index (χ3v) is 5.45. The van der Waals surface area contributed by atoms with Crippen molar-refractivity contribution >= 4 is 17.6 Å². The van der Waals surface area contributed by atoms with Crippen LogP contribution in [0.25, 0.3) is 0 Å². The van der Waals surface area contributed by atoms with Gasteiger partial charge in [-0.1, -0.05) is 17.7 Å². The van der Waals surface area contributed by atoms with E-state index in [-0.39, 0.29) is 5.95 Å². The predicted molar refractivity (Wildman–Crippen MR) is 103 cm³/mol. The molecule has 2 atom stereocenters. The number of fused-ring (bicyclic) bond motifs is 1. The number of aromatic nitrogens is 3. The molecule has 3 heterocycles. The molecule has 0 aliphatic carbocycles. The number of hydrogen-bond acceptors (Lipinski definition) is 7. The van der Waals surface area contributed by atoms with E-state index in [0.717, 1.165) is 43.0 Å². The number of nitrogens with one attached hydrogen (secondary N) is 1. The normalized spacial score (nSPS) is 23.8. The summed E-state index contributed by atoms with van der Waals surface area (Å²) in [5.41, 5.74) is 8.08. The van der Waals surface area contributed by atoms with Crippen molar-refractivity contribution in [2.45, 2.75) is 19.9 Å². The first-order valence-corrected chi connectivity index (χ1v) is 9.30. The second-order valence-corrected chi connectivity index (χ2v) is 7.69. The van der Waals surface area contributed by atoms with Gasteiger partial charge in [-0.3, -0.25) is 4.90 Å². The quantitative estimate of drug-likeness (QED) is 0.868. The lowest BCUT2D eigenvalue weighted by atomic mass is 9.89.